The van der Waals surface area contributed by atoms with Crippen molar-refractivity contribution in [1.29, 1.82) is 0 Å². The molecule has 6 N–H and O–H groups in total. The molecule has 2 saturated heterocycles. The maximum Gasteiger partial charge on any atom is 0.330 e. The molecule has 2 aliphatic heterocycles. The van der Waals surface area contributed by atoms with Crippen LogP contribution in [0, 0.1) is 7.14 Å². The predicted molar refractivity (Wildman–Crippen MR) is 131 cm³/mol. The molecular formula is C18H22I2N4O10. The topological polar surface area (TPSA) is 209 Å². The third kappa shape index (κ3) is 6.04. The van der Waals surface area contributed by atoms with E-state index in [0.29, 0.717) is 7.14 Å². The van der Waals surface area contributed by atoms with Crippen LogP contribution in [-0.2, 0) is 9.47 Å². The maximum absolute atomic E-state index is 11.6. The summed E-state index contributed by atoms with van der Waals surface area (Å²) in [6.07, 6.45) is -1.21. The highest BCUT2D eigenvalue weighted by Gasteiger charge is 2.36. The lowest BCUT2D eigenvalue weighted by Crippen LogP contribution is -2.33. The SMILES string of the molecule is O=c1[nH]c(=O)n([C@H]2C[C@H](O)[C@@H](CO)O2)cc1I.O=c1[nH]c(=O)n([C@H]2C[C@H](O)[C@@H](CO)O2)cc1I. The van der Waals surface area contributed by atoms with E-state index >= 15 is 0 Å². The van der Waals surface area contributed by atoms with Crippen LogP contribution in [0.25, 0.3) is 0 Å². The summed E-state index contributed by atoms with van der Waals surface area (Å²) >= 11 is 3.60. The van der Waals surface area contributed by atoms with Gasteiger partial charge in [0, 0.05) is 25.2 Å². The average Bonchev–Trinajstić information content (AvgIpc) is 3.35. The third-order valence-corrected chi connectivity index (χ3v) is 6.77. The second kappa shape index (κ2) is 11.5. The summed E-state index contributed by atoms with van der Waals surface area (Å²) in [5, 5.41) is 37.0. The Hall–Kier alpha value is -1.42. The van der Waals surface area contributed by atoms with Gasteiger partial charge in [0.25, 0.3) is 11.1 Å². The van der Waals surface area contributed by atoms with Gasteiger partial charge in [0.2, 0.25) is 0 Å². The highest BCUT2D eigenvalue weighted by molar-refractivity contribution is 14.1. The van der Waals surface area contributed by atoms with Crippen LogP contribution in [0.4, 0.5) is 0 Å². The number of hydrogen-bond donors (Lipinski definition) is 6. The van der Waals surface area contributed by atoms with Gasteiger partial charge in [-0.05, 0) is 45.2 Å². The Labute approximate surface area is 217 Å². The molecule has 0 bridgehead atoms. The molecule has 0 spiro atoms. The molecule has 188 valence electrons. The van der Waals surface area contributed by atoms with Crippen molar-refractivity contribution in [2.75, 3.05) is 13.2 Å². The van der Waals surface area contributed by atoms with Gasteiger partial charge in [-0.2, -0.15) is 0 Å². The standard InChI is InChI=1S/2C9H11IN2O5/c2*10-4-2-12(9(16)11-8(4)15)7-1-5(14)6(3-13)17-7/h2*2,5-7,13-14H,1,3H2,(H,11,15,16)/t2*5-,6+,7+/m00/s1. The van der Waals surface area contributed by atoms with Crippen molar-refractivity contribution in [3.05, 3.63) is 61.2 Å². The molecule has 2 fully saturated rings. The zero-order chi connectivity index (χ0) is 25.2. The molecule has 0 aromatic carbocycles. The van der Waals surface area contributed by atoms with Crippen molar-refractivity contribution in [3.8, 4) is 0 Å². The van der Waals surface area contributed by atoms with E-state index < -0.39 is 59.4 Å². The molecule has 2 aromatic heterocycles. The highest BCUT2D eigenvalue weighted by atomic mass is 127. The van der Waals surface area contributed by atoms with E-state index in [1.54, 1.807) is 45.2 Å². The monoisotopic (exact) mass is 708 g/mol. The van der Waals surface area contributed by atoms with Gasteiger partial charge in [-0.15, -0.1) is 0 Å². The molecule has 14 nitrogen and oxygen atoms in total. The van der Waals surface area contributed by atoms with Crippen molar-refractivity contribution < 1.29 is 29.9 Å². The summed E-state index contributed by atoms with van der Waals surface area (Å²) < 4.78 is 13.8. The van der Waals surface area contributed by atoms with Crippen molar-refractivity contribution in [1.82, 2.24) is 19.1 Å². The minimum Gasteiger partial charge on any atom is -0.394 e. The van der Waals surface area contributed by atoms with Crippen LogP contribution in [0.15, 0.2) is 31.6 Å². The number of H-pyrrole nitrogens is 2. The summed E-state index contributed by atoms with van der Waals surface area (Å²) in [7, 11) is 0. The minimum atomic E-state index is -0.818. The lowest BCUT2D eigenvalue weighted by atomic mass is 10.2. The number of aromatic nitrogens is 4. The second-order valence-corrected chi connectivity index (χ2v) is 9.84. The summed E-state index contributed by atoms with van der Waals surface area (Å²) in [6.45, 7) is -0.625. The molecule has 6 atom stereocenters. The summed E-state index contributed by atoms with van der Waals surface area (Å²) in [6, 6.07) is 0. The second-order valence-electron chi connectivity index (χ2n) is 7.52. The normalized spacial score (nSPS) is 28.5. The molecule has 16 heteroatoms. The fourth-order valence-electron chi connectivity index (χ4n) is 3.45. The van der Waals surface area contributed by atoms with Gasteiger partial charge in [0.1, 0.15) is 24.7 Å². The molecule has 4 heterocycles. The van der Waals surface area contributed by atoms with E-state index in [9.17, 15) is 29.4 Å². The van der Waals surface area contributed by atoms with Crippen LogP contribution < -0.4 is 22.5 Å². The van der Waals surface area contributed by atoms with Crippen molar-refractivity contribution in [2.45, 2.75) is 49.7 Å². The minimum absolute atomic E-state index is 0.202. The number of rotatable bonds is 4. The maximum atomic E-state index is 11.6. The van der Waals surface area contributed by atoms with Crippen molar-refractivity contribution in [3.63, 3.8) is 0 Å². The summed E-state index contributed by atoms with van der Waals surface area (Å²) in [5.41, 5.74) is -2.09. The fourth-order valence-corrected chi connectivity index (χ4v) is 4.32. The number of nitrogens with one attached hydrogen (secondary N) is 2. The quantitative estimate of drug-likeness (QED) is 0.185. The Morgan fingerprint density at radius 2 is 1.15 bits per heavy atom. The number of aliphatic hydroxyl groups excluding tert-OH is 4. The first-order valence-electron chi connectivity index (χ1n) is 9.96. The highest BCUT2D eigenvalue weighted by Crippen LogP contribution is 2.28. The van der Waals surface area contributed by atoms with Crippen LogP contribution >= 0.6 is 45.2 Å². The number of aromatic amines is 2. The Morgan fingerprint density at radius 3 is 1.44 bits per heavy atom. The zero-order valence-electron chi connectivity index (χ0n) is 17.3. The summed E-state index contributed by atoms with van der Waals surface area (Å²) in [4.78, 5) is 49.8. The molecule has 0 saturated carbocycles. The van der Waals surface area contributed by atoms with Gasteiger partial charge < -0.3 is 29.9 Å². The van der Waals surface area contributed by atoms with E-state index in [1.165, 1.54) is 21.5 Å². The van der Waals surface area contributed by atoms with Crippen molar-refractivity contribution in [2.24, 2.45) is 0 Å². The first-order valence-corrected chi connectivity index (χ1v) is 12.1. The molecule has 2 aliphatic rings. The molecule has 34 heavy (non-hydrogen) atoms. The first-order chi connectivity index (χ1) is 16.0. The van der Waals surface area contributed by atoms with E-state index in [2.05, 4.69) is 9.97 Å². The van der Waals surface area contributed by atoms with E-state index in [0.717, 1.165) is 0 Å². The van der Waals surface area contributed by atoms with Crippen LogP contribution in [-0.4, -0.2) is 77.2 Å². The van der Waals surface area contributed by atoms with Crippen LogP contribution in [0.5, 0.6) is 0 Å². The molecular weight excluding hydrogens is 686 g/mol. The molecule has 0 radical (unpaired) electrons. The Balaban J connectivity index is 0.000000191. The van der Waals surface area contributed by atoms with E-state index in [1.807, 2.05) is 0 Å². The zero-order valence-corrected chi connectivity index (χ0v) is 21.7. The number of halogens is 2. The Bertz CT molecular complexity index is 1150. The van der Waals surface area contributed by atoms with Gasteiger partial charge in [-0.1, -0.05) is 0 Å². The number of ether oxygens (including phenoxy) is 2. The molecule has 0 amide bonds. The lowest BCUT2D eigenvalue weighted by Gasteiger charge is -2.14. The van der Waals surface area contributed by atoms with Gasteiger partial charge in [-0.3, -0.25) is 28.7 Å². The Kier molecular flexibility index (Phi) is 9.23. The first kappa shape index (κ1) is 27.2. The largest absolute Gasteiger partial charge is 0.394 e. The molecule has 0 aliphatic carbocycles. The number of hydrogen-bond acceptors (Lipinski definition) is 10. The van der Waals surface area contributed by atoms with Gasteiger partial charge >= 0.3 is 11.4 Å². The predicted octanol–water partition coefficient (Wildman–Crippen LogP) is -2.44. The van der Waals surface area contributed by atoms with Crippen molar-refractivity contribution >= 4 is 45.2 Å². The molecule has 4 rings (SSSR count). The van der Waals surface area contributed by atoms with E-state index in [4.69, 9.17) is 19.7 Å². The van der Waals surface area contributed by atoms with Gasteiger partial charge in [-0.25, -0.2) is 9.59 Å². The van der Waals surface area contributed by atoms with E-state index in [-0.39, 0.29) is 26.1 Å². The Morgan fingerprint density at radius 1 is 0.794 bits per heavy atom. The average molecular weight is 708 g/mol. The van der Waals surface area contributed by atoms with Crippen LogP contribution in [0.1, 0.15) is 25.3 Å². The molecule has 0 unspecified atom stereocenters. The van der Waals surface area contributed by atoms with Gasteiger partial charge in [0.05, 0.1) is 32.6 Å². The third-order valence-electron chi connectivity index (χ3n) is 5.24. The fraction of sp³-hybridized carbons (Fsp3) is 0.556. The van der Waals surface area contributed by atoms with Gasteiger partial charge in [0.15, 0.2) is 0 Å². The van der Waals surface area contributed by atoms with Crippen LogP contribution in [0.2, 0.25) is 0 Å². The smallest absolute Gasteiger partial charge is 0.330 e. The number of aliphatic hydroxyl groups is 4. The summed E-state index contributed by atoms with van der Waals surface area (Å²) in [5.74, 6) is 0. The number of nitrogens with zero attached hydrogens (tertiary/aromatic N) is 2. The van der Waals surface area contributed by atoms with Crippen LogP contribution in [0.3, 0.4) is 0 Å². The molecule has 2 aromatic rings. The lowest BCUT2D eigenvalue weighted by molar-refractivity contribution is -0.0459.